The Balaban J connectivity index is 4.11. The quantitative estimate of drug-likeness (QED) is 0.0261. The van der Waals surface area contributed by atoms with E-state index >= 15 is 0 Å². The van der Waals surface area contributed by atoms with Crippen LogP contribution in [0.15, 0.2) is 24.3 Å². The van der Waals surface area contributed by atoms with Gasteiger partial charge in [-0.05, 0) is 51.4 Å². The van der Waals surface area contributed by atoms with Crippen LogP contribution in [0.1, 0.15) is 400 Å². The first kappa shape index (κ1) is 75.9. The molecule has 0 fully saturated rings. The topological polar surface area (TPSA) is 78.9 Å². The van der Waals surface area contributed by atoms with E-state index in [1.54, 1.807) is 0 Å². The molecule has 0 aromatic heterocycles. The Morgan fingerprint density at radius 1 is 0.256 bits per heavy atom. The number of ether oxygens (including phenoxy) is 3. The van der Waals surface area contributed by atoms with E-state index in [2.05, 4.69) is 45.1 Å². The molecule has 0 aromatic rings. The molecular weight excluding hydrogens is 961 g/mol. The maximum atomic E-state index is 12.9. The first-order valence-corrected chi connectivity index (χ1v) is 35.3. The standard InChI is InChI=1S/C72H136O6/c1-4-7-10-13-16-19-22-24-26-28-30-32-33-34-35-36-37-38-39-41-42-44-46-48-50-53-56-59-62-65-71(74)77-68-69(67-76-70(73)64-61-58-55-52-21-18-15-12-9-6-3)78-72(75)66-63-60-57-54-51-49-47-45-43-40-31-29-27-25-23-20-17-14-11-8-5-2/h23,25,29,31,69H,4-22,24,26-28,30,32-68H2,1-3H3/b25-23-,31-29-. The van der Waals surface area contributed by atoms with Crippen molar-refractivity contribution in [3.8, 4) is 0 Å². The molecule has 0 bridgehead atoms. The van der Waals surface area contributed by atoms with E-state index in [0.717, 1.165) is 64.2 Å². The predicted molar refractivity (Wildman–Crippen MR) is 340 cm³/mol. The number of unbranched alkanes of at least 4 members (excludes halogenated alkanes) is 51. The van der Waals surface area contributed by atoms with Gasteiger partial charge in [-0.15, -0.1) is 0 Å². The third kappa shape index (κ3) is 64.7. The Morgan fingerprint density at radius 3 is 0.705 bits per heavy atom. The highest BCUT2D eigenvalue weighted by Crippen LogP contribution is 2.19. The third-order valence-corrected chi connectivity index (χ3v) is 16.2. The molecule has 460 valence electrons. The van der Waals surface area contributed by atoms with Crippen LogP contribution in [0.25, 0.3) is 0 Å². The number of rotatable bonds is 66. The van der Waals surface area contributed by atoms with E-state index in [4.69, 9.17) is 14.2 Å². The second-order valence-electron chi connectivity index (χ2n) is 24.2. The number of hydrogen-bond donors (Lipinski definition) is 0. The summed E-state index contributed by atoms with van der Waals surface area (Å²) in [4.78, 5) is 38.3. The van der Waals surface area contributed by atoms with Gasteiger partial charge in [-0.2, -0.15) is 0 Å². The van der Waals surface area contributed by atoms with E-state index in [9.17, 15) is 14.4 Å². The monoisotopic (exact) mass is 1100 g/mol. The molecule has 0 saturated carbocycles. The number of hydrogen-bond acceptors (Lipinski definition) is 6. The third-order valence-electron chi connectivity index (χ3n) is 16.2. The molecule has 0 aliphatic carbocycles. The number of allylic oxidation sites excluding steroid dienone is 4. The van der Waals surface area contributed by atoms with Gasteiger partial charge in [0.15, 0.2) is 6.10 Å². The lowest BCUT2D eigenvalue weighted by Crippen LogP contribution is -2.30. The van der Waals surface area contributed by atoms with E-state index in [1.807, 2.05) is 0 Å². The van der Waals surface area contributed by atoms with Gasteiger partial charge in [-0.25, -0.2) is 0 Å². The van der Waals surface area contributed by atoms with Gasteiger partial charge in [0.25, 0.3) is 0 Å². The maximum absolute atomic E-state index is 12.9. The van der Waals surface area contributed by atoms with Gasteiger partial charge < -0.3 is 14.2 Å². The fourth-order valence-electron chi connectivity index (χ4n) is 10.9. The molecule has 0 rings (SSSR count). The molecule has 0 spiro atoms. The van der Waals surface area contributed by atoms with Gasteiger partial charge in [0.2, 0.25) is 0 Å². The van der Waals surface area contributed by atoms with Crippen molar-refractivity contribution in [1.29, 1.82) is 0 Å². The summed E-state index contributed by atoms with van der Waals surface area (Å²) < 4.78 is 16.9. The first-order valence-electron chi connectivity index (χ1n) is 35.3. The summed E-state index contributed by atoms with van der Waals surface area (Å²) in [5, 5.41) is 0. The second kappa shape index (κ2) is 67.4. The van der Waals surface area contributed by atoms with Crippen LogP contribution >= 0.6 is 0 Å². The Bertz CT molecular complexity index is 1260. The average molecular weight is 1100 g/mol. The van der Waals surface area contributed by atoms with Crippen LogP contribution < -0.4 is 0 Å². The van der Waals surface area contributed by atoms with Gasteiger partial charge in [0, 0.05) is 19.3 Å². The largest absolute Gasteiger partial charge is 0.462 e. The molecule has 0 N–H and O–H groups in total. The summed E-state index contributed by atoms with van der Waals surface area (Å²) in [6, 6.07) is 0. The Hall–Kier alpha value is -2.11. The zero-order valence-electron chi connectivity index (χ0n) is 53.0. The summed E-state index contributed by atoms with van der Waals surface area (Å²) in [5.41, 5.74) is 0. The van der Waals surface area contributed by atoms with E-state index in [-0.39, 0.29) is 31.1 Å². The van der Waals surface area contributed by atoms with Crippen LogP contribution in [0, 0.1) is 0 Å². The minimum absolute atomic E-state index is 0.0669. The summed E-state index contributed by atoms with van der Waals surface area (Å²) in [7, 11) is 0. The molecule has 0 radical (unpaired) electrons. The lowest BCUT2D eigenvalue weighted by molar-refractivity contribution is -0.167. The van der Waals surface area contributed by atoms with Gasteiger partial charge in [0.05, 0.1) is 0 Å². The fourth-order valence-corrected chi connectivity index (χ4v) is 10.9. The molecule has 1 unspecified atom stereocenters. The summed E-state index contributed by atoms with van der Waals surface area (Å²) in [6.45, 7) is 6.69. The van der Waals surface area contributed by atoms with Crippen molar-refractivity contribution >= 4 is 17.9 Å². The van der Waals surface area contributed by atoms with Crippen molar-refractivity contribution in [2.45, 2.75) is 406 Å². The molecule has 0 aromatic carbocycles. The van der Waals surface area contributed by atoms with Crippen LogP contribution in [0.4, 0.5) is 0 Å². The van der Waals surface area contributed by atoms with Crippen molar-refractivity contribution < 1.29 is 28.6 Å². The average Bonchev–Trinajstić information content (AvgIpc) is 3.44. The molecule has 78 heavy (non-hydrogen) atoms. The molecule has 6 heteroatoms. The lowest BCUT2D eigenvalue weighted by atomic mass is 10.0. The highest BCUT2D eigenvalue weighted by Gasteiger charge is 2.19. The number of esters is 3. The van der Waals surface area contributed by atoms with Crippen molar-refractivity contribution in [3.05, 3.63) is 24.3 Å². The predicted octanol–water partition coefficient (Wildman–Crippen LogP) is 24.2. The van der Waals surface area contributed by atoms with Crippen LogP contribution in [-0.4, -0.2) is 37.2 Å². The van der Waals surface area contributed by atoms with Crippen molar-refractivity contribution in [1.82, 2.24) is 0 Å². The summed E-state index contributed by atoms with van der Waals surface area (Å²) in [6.07, 6.45) is 82.2. The van der Waals surface area contributed by atoms with Crippen LogP contribution in [0.5, 0.6) is 0 Å². The van der Waals surface area contributed by atoms with Gasteiger partial charge in [0.1, 0.15) is 13.2 Å². The molecule has 0 aliphatic rings. The lowest BCUT2D eigenvalue weighted by Gasteiger charge is -2.18. The number of carbonyl (C=O) groups is 3. The molecule has 0 heterocycles. The van der Waals surface area contributed by atoms with E-state index in [1.165, 1.54) is 295 Å². The SMILES string of the molecule is CCCCCCC/C=C\C/C=C\CCCCCCCCCCCC(=O)OC(COC(=O)CCCCCCCCCCCC)COC(=O)CCCCCCCCCCCCCCCCCCCCCCCCCCCCCCC. The van der Waals surface area contributed by atoms with Gasteiger partial charge >= 0.3 is 17.9 Å². The van der Waals surface area contributed by atoms with Crippen molar-refractivity contribution in [2.24, 2.45) is 0 Å². The van der Waals surface area contributed by atoms with E-state index < -0.39 is 6.10 Å². The van der Waals surface area contributed by atoms with Gasteiger partial charge in [-0.3, -0.25) is 14.4 Å². The summed E-state index contributed by atoms with van der Waals surface area (Å²) in [5.74, 6) is -0.844. The van der Waals surface area contributed by atoms with Crippen molar-refractivity contribution in [3.63, 3.8) is 0 Å². The van der Waals surface area contributed by atoms with E-state index in [0.29, 0.717) is 19.3 Å². The Kier molecular flexibility index (Phi) is 65.6. The van der Waals surface area contributed by atoms with Crippen LogP contribution in [0.3, 0.4) is 0 Å². The minimum Gasteiger partial charge on any atom is -0.462 e. The normalized spacial score (nSPS) is 12.1. The highest BCUT2D eigenvalue weighted by atomic mass is 16.6. The molecule has 6 nitrogen and oxygen atoms in total. The second-order valence-corrected chi connectivity index (χ2v) is 24.2. The zero-order valence-corrected chi connectivity index (χ0v) is 53.0. The Morgan fingerprint density at radius 2 is 0.462 bits per heavy atom. The highest BCUT2D eigenvalue weighted by molar-refractivity contribution is 5.71. The molecule has 1 atom stereocenters. The van der Waals surface area contributed by atoms with Crippen LogP contribution in [-0.2, 0) is 28.6 Å². The zero-order chi connectivity index (χ0) is 56.4. The fraction of sp³-hybridized carbons (Fsp3) is 0.903. The molecular formula is C72H136O6. The number of carbonyl (C=O) groups excluding carboxylic acids is 3. The van der Waals surface area contributed by atoms with Gasteiger partial charge in [-0.1, -0.05) is 353 Å². The molecule has 0 aliphatic heterocycles. The summed E-state index contributed by atoms with van der Waals surface area (Å²) >= 11 is 0. The first-order chi connectivity index (χ1) is 38.5. The van der Waals surface area contributed by atoms with Crippen LogP contribution in [0.2, 0.25) is 0 Å². The molecule has 0 amide bonds. The minimum atomic E-state index is -0.770. The smallest absolute Gasteiger partial charge is 0.306 e. The van der Waals surface area contributed by atoms with Crippen molar-refractivity contribution in [2.75, 3.05) is 13.2 Å². The molecule has 0 saturated heterocycles. The maximum Gasteiger partial charge on any atom is 0.306 e. The Labute approximate surface area is 487 Å².